The van der Waals surface area contributed by atoms with Gasteiger partial charge in [0, 0.05) is 12.7 Å². The molecule has 0 aliphatic rings. The zero-order valence-electron chi connectivity index (χ0n) is 14.8. The van der Waals surface area contributed by atoms with Gasteiger partial charge in [0.1, 0.15) is 5.75 Å². The van der Waals surface area contributed by atoms with Gasteiger partial charge < -0.3 is 14.3 Å². The number of aromatic nitrogens is 3. The molecule has 0 atom stereocenters. The van der Waals surface area contributed by atoms with E-state index in [9.17, 15) is 9.90 Å². The normalized spacial score (nSPS) is 11.1. The zero-order valence-corrected chi connectivity index (χ0v) is 14.8. The molecular formula is C18H20N4O4. The van der Waals surface area contributed by atoms with Crippen molar-refractivity contribution in [2.24, 2.45) is 5.92 Å². The number of carboxylic acid groups (broad SMARTS) is 1. The number of fused-ring (bicyclic) bond motifs is 1. The molecule has 2 heterocycles. The molecule has 26 heavy (non-hydrogen) atoms. The van der Waals surface area contributed by atoms with Crippen LogP contribution in [0, 0.1) is 5.92 Å². The standard InChI is InChI=1S/C18H20N4O4/c1-11(2)6-7-22(18(23)24)17-20-8-13-14(21-17)5-4-12(16(13)25-3)15-9-19-10-26-15/h4-5,8-11H,6-7H2,1-3H3,(H,23,24). The summed E-state index contributed by atoms with van der Waals surface area (Å²) in [5.74, 6) is 1.65. The van der Waals surface area contributed by atoms with E-state index in [2.05, 4.69) is 15.0 Å². The van der Waals surface area contributed by atoms with Gasteiger partial charge >= 0.3 is 6.09 Å². The Bertz CT molecular complexity index is 909. The Morgan fingerprint density at radius 2 is 2.15 bits per heavy atom. The highest BCUT2D eigenvalue weighted by Crippen LogP contribution is 2.36. The first kappa shape index (κ1) is 17.7. The first-order valence-corrected chi connectivity index (χ1v) is 8.24. The van der Waals surface area contributed by atoms with E-state index < -0.39 is 6.09 Å². The maximum Gasteiger partial charge on any atom is 0.414 e. The molecule has 3 aromatic rings. The third-order valence-corrected chi connectivity index (χ3v) is 4.01. The third kappa shape index (κ3) is 3.44. The lowest BCUT2D eigenvalue weighted by Gasteiger charge is -2.19. The van der Waals surface area contributed by atoms with Crippen LogP contribution < -0.4 is 9.64 Å². The number of benzene rings is 1. The van der Waals surface area contributed by atoms with Crippen molar-refractivity contribution in [1.82, 2.24) is 15.0 Å². The van der Waals surface area contributed by atoms with E-state index in [-0.39, 0.29) is 5.95 Å². The number of methoxy groups -OCH3 is 1. The molecule has 8 heteroatoms. The molecule has 1 N–H and O–H groups in total. The number of carbonyl (C=O) groups is 1. The summed E-state index contributed by atoms with van der Waals surface area (Å²) in [6.45, 7) is 4.42. The fourth-order valence-electron chi connectivity index (χ4n) is 2.63. The SMILES string of the molecule is COc1c(-c2cnco2)ccc2nc(N(CCC(C)C)C(=O)O)ncc12. The summed E-state index contributed by atoms with van der Waals surface area (Å²) in [7, 11) is 1.55. The van der Waals surface area contributed by atoms with Gasteiger partial charge in [-0.05, 0) is 24.5 Å². The Balaban J connectivity index is 2.04. The van der Waals surface area contributed by atoms with Crippen molar-refractivity contribution in [2.75, 3.05) is 18.6 Å². The van der Waals surface area contributed by atoms with Crippen LogP contribution in [0.4, 0.5) is 10.7 Å². The van der Waals surface area contributed by atoms with E-state index in [1.54, 1.807) is 31.6 Å². The lowest BCUT2D eigenvalue weighted by atomic mass is 10.1. The summed E-state index contributed by atoms with van der Waals surface area (Å²) in [4.78, 5) is 25.3. The van der Waals surface area contributed by atoms with Crippen LogP contribution in [0.2, 0.25) is 0 Å². The molecule has 0 bridgehead atoms. The Labute approximate surface area is 150 Å². The van der Waals surface area contributed by atoms with Crippen molar-refractivity contribution < 1.29 is 19.1 Å². The predicted octanol–water partition coefficient (Wildman–Crippen LogP) is 3.82. The van der Waals surface area contributed by atoms with E-state index in [0.29, 0.717) is 34.9 Å². The van der Waals surface area contributed by atoms with Crippen LogP contribution in [0.3, 0.4) is 0 Å². The van der Waals surface area contributed by atoms with E-state index in [0.717, 1.165) is 16.9 Å². The highest BCUT2D eigenvalue weighted by molar-refractivity contribution is 5.93. The van der Waals surface area contributed by atoms with Gasteiger partial charge in [-0.25, -0.2) is 24.6 Å². The van der Waals surface area contributed by atoms with E-state index in [1.807, 2.05) is 13.8 Å². The molecule has 0 saturated carbocycles. The van der Waals surface area contributed by atoms with Gasteiger partial charge in [0.2, 0.25) is 5.95 Å². The van der Waals surface area contributed by atoms with Gasteiger partial charge in [-0.2, -0.15) is 0 Å². The van der Waals surface area contributed by atoms with Crippen LogP contribution in [-0.2, 0) is 0 Å². The smallest absolute Gasteiger partial charge is 0.414 e. The molecule has 0 unspecified atom stereocenters. The Morgan fingerprint density at radius 1 is 1.35 bits per heavy atom. The van der Waals surface area contributed by atoms with Gasteiger partial charge in [-0.1, -0.05) is 13.8 Å². The minimum atomic E-state index is -1.07. The van der Waals surface area contributed by atoms with Crippen molar-refractivity contribution in [3.8, 4) is 17.1 Å². The Hall–Kier alpha value is -3.16. The Morgan fingerprint density at radius 3 is 2.77 bits per heavy atom. The van der Waals surface area contributed by atoms with E-state index in [4.69, 9.17) is 9.15 Å². The summed E-state index contributed by atoms with van der Waals surface area (Å²) in [6.07, 6.45) is 4.16. The van der Waals surface area contributed by atoms with Crippen LogP contribution in [0.1, 0.15) is 20.3 Å². The largest absolute Gasteiger partial charge is 0.495 e. The molecule has 0 radical (unpaired) electrons. The molecule has 0 aliphatic heterocycles. The number of ether oxygens (including phenoxy) is 1. The number of anilines is 1. The molecular weight excluding hydrogens is 336 g/mol. The van der Waals surface area contributed by atoms with Crippen LogP contribution in [0.15, 0.2) is 35.3 Å². The molecule has 0 fully saturated rings. The molecule has 1 amide bonds. The minimum absolute atomic E-state index is 0.153. The second kappa shape index (κ2) is 7.38. The Kier molecular flexibility index (Phi) is 5.01. The van der Waals surface area contributed by atoms with Gasteiger partial charge in [-0.15, -0.1) is 0 Å². The summed E-state index contributed by atoms with van der Waals surface area (Å²) in [5, 5.41) is 10.1. The van der Waals surface area contributed by atoms with Crippen molar-refractivity contribution in [2.45, 2.75) is 20.3 Å². The minimum Gasteiger partial charge on any atom is -0.495 e. The summed E-state index contributed by atoms with van der Waals surface area (Å²) < 4.78 is 10.9. The summed E-state index contributed by atoms with van der Waals surface area (Å²) >= 11 is 0. The summed E-state index contributed by atoms with van der Waals surface area (Å²) in [5.41, 5.74) is 1.31. The average molecular weight is 356 g/mol. The summed E-state index contributed by atoms with van der Waals surface area (Å²) in [6, 6.07) is 3.58. The number of hydrogen-bond acceptors (Lipinski definition) is 6. The number of rotatable bonds is 6. The first-order valence-electron chi connectivity index (χ1n) is 8.24. The predicted molar refractivity (Wildman–Crippen MR) is 96.4 cm³/mol. The number of oxazole rings is 1. The van der Waals surface area contributed by atoms with Crippen molar-refractivity contribution in [3.63, 3.8) is 0 Å². The fraction of sp³-hybridized carbons (Fsp3) is 0.333. The zero-order chi connectivity index (χ0) is 18.7. The molecule has 0 spiro atoms. The molecule has 1 aromatic carbocycles. The highest BCUT2D eigenvalue weighted by atomic mass is 16.5. The van der Waals surface area contributed by atoms with E-state index >= 15 is 0 Å². The van der Waals surface area contributed by atoms with Crippen molar-refractivity contribution >= 4 is 22.9 Å². The fourth-order valence-corrected chi connectivity index (χ4v) is 2.63. The second-order valence-electron chi connectivity index (χ2n) is 6.23. The number of nitrogens with zero attached hydrogens (tertiary/aromatic N) is 4. The maximum atomic E-state index is 11.6. The molecule has 2 aromatic heterocycles. The number of hydrogen-bond donors (Lipinski definition) is 1. The molecule has 0 saturated heterocycles. The van der Waals surface area contributed by atoms with Crippen LogP contribution in [0.25, 0.3) is 22.2 Å². The third-order valence-electron chi connectivity index (χ3n) is 4.01. The topological polar surface area (TPSA) is 102 Å². The second-order valence-corrected chi connectivity index (χ2v) is 6.23. The van der Waals surface area contributed by atoms with Gasteiger partial charge in [0.25, 0.3) is 0 Å². The van der Waals surface area contributed by atoms with Gasteiger partial charge in [0.15, 0.2) is 12.2 Å². The lowest BCUT2D eigenvalue weighted by molar-refractivity contribution is 0.201. The molecule has 0 aliphatic carbocycles. The number of amides is 1. The molecule has 136 valence electrons. The highest BCUT2D eigenvalue weighted by Gasteiger charge is 2.20. The van der Waals surface area contributed by atoms with Gasteiger partial charge in [0.05, 0.1) is 29.8 Å². The van der Waals surface area contributed by atoms with Crippen LogP contribution in [0.5, 0.6) is 5.75 Å². The average Bonchev–Trinajstić information content (AvgIpc) is 3.14. The molecule has 8 nitrogen and oxygen atoms in total. The maximum absolute atomic E-state index is 11.6. The lowest BCUT2D eigenvalue weighted by Crippen LogP contribution is -2.32. The van der Waals surface area contributed by atoms with Crippen molar-refractivity contribution in [1.29, 1.82) is 0 Å². The monoisotopic (exact) mass is 356 g/mol. The van der Waals surface area contributed by atoms with Crippen LogP contribution in [-0.4, -0.2) is 39.8 Å². The van der Waals surface area contributed by atoms with E-state index in [1.165, 1.54) is 6.39 Å². The quantitative estimate of drug-likeness (QED) is 0.716. The van der Waals surface area contributed by atoms with Crippen molar-refractivity contribution in [3.05, 3.63) is 30.9 Å². The van der Waals surface area contributed by atoms with Crippen LogP contribution >= 0.6 is 0 Å². The first-order chi connectivity index (χ1) is 12.5. The van der Waals surface area contributed by atoms with Gasteiger partial charge in [-0.3, -0.25) is 0 Å². The molecule has 3 rings (SSSR count).